The van der Waals surface area contributed by atoms with E-state index >= 15 is 0 Å². The van der Waals surface area contributed by atoms with Gasteiger partial charge in [0.25, 0.3) is 5.91 Å². The van der Waals surface area contributed by atoms with Gasteiger partial charge < -0.3 is 9.32 Å². The molecule has 0 unspecified atom stereocenters. The van der Waals surface area contributed by atoms with Gasteiger partial charge in [-0.1, -0.05) is 6.92 Å². The third-order valence-electron chi connectivity index (χ3n) is 2.22. The molecular formula is C9H12N2O2. The van der Waals surface area contributed by atoms with Crippen LogP contribution in [0.5, 0.6) is 0 Å². The van der Waals surface area contributed by atoms with E-state index in [2.05, 4.69) is 4.98 Å². The van der Waals surface area contributed by atoms with E-state index in [4.69, 9.17) is 4.42 Å². The fourth-order valence-electron chi connectivity index (χ4n) is 1.25. The second-order valence-electron chi connectivity index (χ2n) is 3.13. The molecule has 1 aliphatic rings. The minimum Gasteiger partial charge on any atom is -0.448 e. The van der Waals surface area contributed by atoms with Crippen LogP contribution in [0.4, 0.5) is 0 Å². The summed E-state index contributed by atoms with van der Waals surface area (Å²) >= 11 is 0. The van der Waals surface area contributed by atoms with E-state index in [1.807, 2.05) is 6.92 Å². The molecule has 0 bridgehead atoms. The van der Waals surface area contributed by atoms with Crippen LogP contribution in [0, 0.1) is 0 Å². The molecule has 1 amide bonds. The van der Waals surface area contributed by atoms with Crippen LogP contribution in [0.2, 0.25) is 0 Å². The Hall–Kier alpha value is -1.32. The number of hydrogen-bond acceptors (Lipinski definition) is 3. The van der Waals surface area contributed by atoms with Crippen molar-refractivity contribution in [2.75, 3.05) is 13.1 Å². The van der Waals surface area contributed by atoms with Crippen LogP contribution in [0.1, 0.15) is 29.7 Å². The smallest absolute Gasteiger partial charge is 0.275 e. The fourth-order valence-corrected chi connectivity index (χ4v) is 1.25. The highest BCUT2D eigenvalue weighted by Crippen LogP contribution is 2.12. The summed E-state index contributed by atoms with van der Waals surface area (Å²) in [6, 6.07) is 0. The Morgan fingerprint density at radius 2 is 2.46 bits per heavy atom. The number of hydrogen-bond donors (Lipinski definition) is 0. The number of likely N-dealkylation sites (tertiary alicyclic amines) is 1. The Balaban J connectivity index is 2.10. The molecule has 0 atom stereocenters. The summed E-state index contributed by atoms with van der Waals surface area (Å²) in [5, 5.41) is 0. The van der Waals surface area contributed by atoms with Crippen molar-refractivity contribution in [3.05, 3.63) is 17.8 Å². The molecule has 0 saturated carbocycles. The topological polar surface area (TPSA) is 46.3 Å². The van der Waals surface area contributed by atoms with Crippen LogP contribution in [0.3, 0.4) is 0 Å². The molecule has 0 aromatic carbocycles. The minimum atomic E-state index is -0.00491. The van der Waals surface area contributed by atoms with E-state index in [-0.39, 0.29) is 5.91 Å². The molecule has 0 N–H and O–H groups in total. The maximum absolute atomic E-state index is 11.6. The third-order valence-corrected chi connectivity index (χ3v) is 2.22. The zero-order valence-corrected chi connectivity index (χ0v) is 7.62. The van der Waals surface area contributed by atoms with Crippen molar-refractivity contribution < 1.29 is 9.21 Å². The number of aromatic nitrogens is 1. The first-order chi connectivity index (χ1) is 6.31. The summed E-state index contributed by atoms with van der Waals surface area (Å²) in [7, 11) is 0. The average molecular weight is 180 g/mol. The third kappa shape index (κ3) is 1.43. The predicted octanol–water partition coefficient (Wildman–Crippen LogP) is 1.08. The van der Waals surface area contributed by atoms with E-state index in [0.29, 0.717) is 11.6 Å². The van der Waals surface area contributed by atoms with Crippen LogP contribution in [0.25, 0.3) is 0 Å². The number of nitrogens with zero attached hydrogens (tertiary/aromatic N) is 2. The molecule has 0 radical (unpaired) electrons. The van der Waals surface area contributed by atoms with Crippen LogP contribution in [0.15, 0.2) is 10.7 Å². The maximum atomic E-state index is 11.6. The highest BCUT2D eigenvalue weighted by atomic mass is 16.3. The lowest BCUT2D eigenvalue weighted by molar-refractivity contribution is 0.0645. The number of carbonyl (C=O) groups is 1. The largest absolute Gasteiger partial charge is 0.448 e. The summed E-state index contributed by atoms with van der Waals surface area (Å²) < 4.78 is 5.10. The first kappa shape index (κ1) is 8.29. The van der Waals surface area contributed by atoms with Crippen LogP contribution < -0.4 is 0 Å². The van der Waals surface area contributed by atoms with Crippen molar-refractivity contribution in [3.8, 4) is 0 Å². The van der Waals surface area contributed by atoms with E-state index < -0.39 is 0 Å². The number of amides is 1. The van der Waals surface area contributed by atoms with Gasteiger partial charge in [0.05, 0.1) is 0 Å². The summed E-state index contributed by atoms with van der Waals surface area (Å²) in [5.41, 5.74) is 0.441. The zero-order chi connectivity index (χ0) is 9.26. The molecule has 13 heavy (non-hydrogen) atoms. The SMILES string of the molecule is CCc1nc(C(=O)N2CCC2)co1. The molecule has 2 heterocycles. The van der Waals surface area contributed by atoms with Gasteiger partial charge in [0.1, 0.15) is 6.26 Å². The van der Waals surface area contributed by atoms with Crippen LogP contribution in [-0.4, -0.2) is 28.9 Å². The highest BCUT2D eigenvalue weighted by Gasteiger charge is 2.23. The van der Waals surface area contributed by atoms with E-state index in [9.17, 15) is 4.79 Å². The summed E-state index contributed by atoms with van der Waals surface area (Å²) in [6.07, 6.45) is 3.27. The fraction of sp³-hybridized carbons (Fsp3) is 0.556. The predicted molar refractivity (Wildman–Crippen MR) is 46.4 cm³/mol. The van der Waals surface area contributed by atoms with E-state index in [1.165, 1.54) is 6.26 Å². The van der Waals surface area contributed by atoms with Gasteiger partial charge in [-0.2, -0.15) is 0 Å². The number of rotatable bonds is 2. The van der Waals surface area contributed by atoms with Crippen molar-refractivity contribution in [2.24, 2.45) is 0 Å². The van der Waals surface area contributed by atoms with E-state index in [0.717, 1.165) is 25.9 Å². The van der Waals surface area contributed by atoms with Gasteiger partial charge in [0.2, 0.25) is 0 Å². The summed E-state index contributed by atoms with van der Waals surface area (Å²) in [4.78, 5) is 17.4. The maximum Gasteiger partial charge on any atom is 0.275 e. The molecule has 0 spiro atoms. The van der Waals surface area contributed by atoms with Gasteiger partial charge in [-0.15, -0.1) is 0 Å². The van der Waals surface area contributed by atoms with Gasteiger partial charge in [0, 0.05) is 19.5 Å². The number of aryl methyl sites for hydroxylation is 1. The van der Waals surface area contributed by atoms with Gasteiger partial charge in [-0.05, 0) is 6.42 Å². The second kappa shape index (κ2) is 3.20. The standard InChI is InChI=1S/C9H12N2O2/c1-2-8-10-7(6-13-8)9(12)11-4-3-5-11/h6H,2-5H2,1H3. The Morgan fingerprint density at radius 3 is 2.92 bits per heavy atom. The Bertz CT molecular complexity index is 315. The Labute approximate surface area is 76.6 Å². The molecule has 2 rings (SSSR count). The molecular weight excluding hydrogens is 168 g/mol. The molecule has 1 saturated heterocycles. The zero-order valence-electron chi connectivity index (χ0n) is 7.62. The van der Waals surface area contributed by atoms with Crippen molar-refractivity contribution in [2.45, 2.75) is 19.8 Å². The quantitative estimate of drug-likeness (QED) is 0.684. The molecule has 1 fully saturated rings. The van der Waals surface area contributed by atoms with Gasteiger partial charge in [-0.3, -0.25) is 4.79 Å². The average Bonchev–Trinajstić information content (AvgIpc) is 2.48. The van der Waals surface area contributed by atoms with Gasteiger partial charge in [0.15, 0.2) is 11.6 Å². The number of oxazole rings is 1. The molecule has 1 aliphatic heterocycles. The summed E-state index contributed by atoms with van der Waals surface area (Å²) in [6.45, 7) is 3.66. The Morgan fingerprint density at radius 1 is 1.69 bits per heavy atom. The van der Waals surface area contributed by atoms with Crippen molar-refractivity contribution in [3.63, 3.8) is 0 Å². The lowest BCUT2D eigenvalue weighted by Gasteiger charge is -2.29. The molecule has 0 aliphatic carbocycles. The monoisotopic (exact) mass is 180 g/mol. The van der Waals surface area contributed by atoms with Crippen LogP contribution >= 0.6 is 0 Å². The lowest BCUT2D eigenvalue weighted by Crippen LogP contribution is -2.42. The van der Waals surface area contributed by atoms with Crippen LogP contribution in [-0.2, 0) is 6.42 Å². The Kier molecular flexibility index (Phi) is 2.04. The first-order valence-electron chi connectivity index (χ1n) is 4.55. The highest BCUT2D eigenvalue weighted by molar-refractivity contribution is 5.92. The summed E-state index contributed by atoms with van der Waals surface area (Å²) in [5.74, 6) is 0.624. The second-order valence-corrected chi connectivity index (χ2v) is 3.13. The van der Waals surface area contributed by atoms with Gasteiger partial charge in [-0.25, -0.2) is 4.98 Å². The van der Waals surface area contributed by atoms with E-state index in [1.54, 1.807) is 4.90 Å². The first-order valence-corrected chi connectivity index (χ1v) is 4.55. The van der Waals surface area contributed by atoms with Crippen molar-refractivity contribution in [1.29, 1.82) is 0 Å². The van der Waals surface area contributed by atoms with Crippen molar-refractivity contribution in [1.82, 2.24) is 9.88 Å². The molecule has 4 heteroatoms. The van der Waals surface area contributed by atoms with Crippen molar-refractivity contribution >= 4 is 5.91 Å². The lowest BCUT2D eigenvalue weighted by atomic mass is 10.2. The molecule has 70 valence electrons. The minimum absolute atomic E-state index is 0.00491. The number of carbonyl (C=O) groups excluding carboxylic acids is 1. The van der Waals surface area contributed by atoms with Gasteiger partial charge >= 0.3 is 0 Å². The molecule has 1 aromatic rings. The molecule has 4 nitrogen and oxygen atoms in total. The molecule has 1 aromatic heterocycles. The normalized spacial score (nSPS) is 15.6.